The Hall–Kier alpha value is -1.42. The maximum Gasteiger partial charge on any atom is 0.328 e. The molecule has 2 rings (SSSR count). The lowest BCUT2D eigenvalue weighted by molar-refractivity contribution is -0.417. The van der Waals surface area contributed by atoms with E-state index >= 15 is 0 Å². The van der Waals surface area contributed by atoms with E-state index in [9.17, 15) is 30.6 Å². The molecule has 0 fully saturated rings. The molecule has 0 saturated heterocycles. The Kier molecular flexibility index (Phi) is 2.33. The van der Waals surface area contributed by atoms with Crippen LogP contribution >= 0.6 is 0 Å². The van der Waals surface area contributed by atoms with Gasteiger partial charge in [-0.25, -0.2) is 4.99 Å². The lowest BCUT2D eigenvalue weighted by atomic mass is 9.98. The third kappa shape index (κ3) is 1.47. The molecule has 1 aliphatic heterocycles. The molecule has 0 radical (unpaired) electrons. The number of aliphatic hydroxyl groups is 6. The summed E-state index contributed by atoms with van der Waals surface area (Å²) in [5.74, 6) is -10.4. The normalized spacial score (nSPS) is 24.5. The van der Waals surface area contributed by atoms with E-state index in [-0.39, 0.29) is 5.56 Å². The van der Waals surface area contributed by atoms with Crippen LogP contribution in [-0.4, -0.2) is 58.8 Å². The highest BCUT2D eigenvalue weighted by Crippen LogP contribution is 2.38. The average Bonchev–Trinajstić information content (AvgIpc) is 2.37. The molecule has 6 N–H and O–H groups in total. The summed E-state index contributed by atoms with van der Waals surface area (Å²) in [6.45, 7) is 0. The first-order valence-corrected chi connectivity index (χ1v) is 4.55. The van der Waals surface area contributed by atoms with E-state index < -0.39 is 23.2 Å². The molecule has 17 heavy (non-hydrogen) atoms. The van der Waals surface area contributed by atoms with E-state index in [2.05, 4.69) is 9.98 Å². The minimum Gasteiger partial charge on any atom is -0.356 e. The van der Waals surface area contributed by atoms with Crippen molar-refractivity contribution in [3.8, 4) is 0 Å². The summed E-state index contributed by atoms with van der Waals surface area (Å²) >= 11 is 0. The molecule has 0 aliphatic carbocycles. The maximum absolute atomic E-state index is 9.55. The molecule has 92 valence electrons. The quantitative estimate of drug-likeness (QED) is 0.285. The fourth-order valence-electron chi connectivity index (χ4n) is 1.48. The van der Waals surface area contributed by atoms with Crippen LogP contribution in [0.1, 0.15) is 5.56 Å². The Labute approximate surface area is 94.8 Å². The first-order valence-electron chi connectivity index (χ1n) is 4.55. The van der Waals surface area contributed by atoms with Gasteiger partial charge >= 0.3 is 11.7 Å². The van der Waals surface area contributed by atoms with E-state index in [0.29, 0.717) is 0 Å². The molecule has 8 heteroatoms. The van der Waals surface area contributed by atoms with E-state index in [1.165, 1.54) is 18.3 Å². The van der Waals surface area contributed by atoms with Crippen molar-refractivity contribution in [1.82, 2.24) is 4.98 Å². The number of aromatic nitrogens is 1. The molecule has 0 atom stereocenters. The van der Waals surface area contributed by atoms with Crippen LogP contribution in [0.15, 0.2) is 29.5 Å². The van der Waals surface area contributed by atoms with Crippen LogP contribution in [-0.2, 0) is 0 Å². The summed E-state index contributed by atoms with van der Waals surface area (Å²) in [5, 5.41) is 56.1. The molecular formula is C9H10N2O6. The van der Waals surface area contributed by atoms with Crippen LogP contribution in [0.4, 0.5) is 0 Å². The van der Waals surface area contributed by atoms with Gasteiger partial charge in [-0.05, 0) is 12.1 Å². The minimum atomic E-state index is -3.65. The van der Waals surface area contributed by atoms with Crippen molar-refractivity contribution >= 4 is 5.71 Å². The highest BCUT2D eigenvalue weighted by molar-refractivity contribution is 6.07. The third-order valence-electron chi connectivity index (χ3n) is 2.49. The number of nitrogens with zero attached hydrogens (tertiary/aromatic N) is 2. The van der Waals surface area contributed by atoms with Gasteiger partial charge in [0, 0.05) is 18.0 Å². The van der Waals surface area contributed by atoms with E-state index in [1.54, 1.807) is 0 Å². The van der Waals surface area contributed by atoms with Gasteiger partial charge in [-0.15, -0.1) is 0 Å². The summed E-state index contributed by atoms with van der Waals surface area (Å²) in [5.41, 5.74) is -0.699. The van der Waals surface area contributed by atoms with Gasteiger partial charge in [-0.3, -0.25) is 4.98 Å². The maximum atomic E-state index is 9.55. The number of hydrogen-bond acceptors (Lipinski definition) is 8. The highest BCUT2D eigenvalue weighted by atomic mass is 16.7. The fourth-order valence-corrected chi connectivity index (χ4v) is 1.48. The van der Waals surface area contributed by atoms with Gasteiger partial charge in [0.05, 0.1) is 0 Å². The number of aliphatic imine (C=N–C) groups is 1. The Morgan fingerprint density at radius 3 is 2.06 bits per heavy atom. The van der Waals surface area contributed by atoms with Gasteiger partial charge in [0.2, 0.25) is 0 Å². The lowest BCUT2D eigenvalue weighted by Gasteiger charge is -2.33. The summed E-state index contributed by atoms with van der Waals surface area (Å²) in [7, 11) is 0. The molecule has 1 aliphatic rings. The number of hydrogen-bond donors (Lipinski definition) is 6. The smallest absolute Gasteiger partial charge is 0.328 e. The molecule has 2 heterocycles. The average molecular weight is 242 g/mol. The van der Waals surface area contributed by atoms with Crippen molar-refractivity contribution in [2.24, 2.45) is 4.99 Å². The van der Waals surface area contributed by atoms with Crippen molar-refractivity contribution in [3.05, 3.63) is 30.1 Å². The third-order valence-corrected chi connectivity index (χ3v) is 2.49. The SMILES string of the molecule is OC1(O)N=C(c2cccnc2)C(O)(O)C1(O)O. The van der Waals surface area contributed by atoms with Crippen molar-refractivity contribution in [3.63, 3.8) is 0 Å². The van der Waals surface area contributed by atoms with Gasteiger partial charge in [-0.1, -0.05) is 0 Å². The van der Waals surface area contributed by atoms with Crippen LogP contribution in [0.2, 0.25) is 0 Å². The first kappa shape index (κ1) is 12.0. The Bertz CT molecular complexity index is 468. The zero-order valence-corrected chi connectivity index (χ0v) is 8.39. The number of pyridine rings is 1. The lowest BCUT2D eigenvalue weighted by Crippen LogP contribution is -2.65. The zero-order valence-electron chi connectivity index (χ0n) is 8.39. The molecule has 1 aromatic rings. The largest absolute Gasteiger partial charge is 0.356 e. The molecule has 0 unspecified atom stereocenters. The Morgan fingerprint density at radius 2 is 1.65 bits per heavy atom. The monoisotopic (exact) mass is 242 g/mol. The van der Waals surface area contributed by atoms with E-state index in [4.69, 9.17) is 0 Å². The standard InChI is InChI=1S/C9H10N2O6/c12-7(13)6(5-2-1-3-10-4-5)11-9(16,17)8(7,14)15/h1-4,12-17H. The minimum absolute atomic E-state index is 0.00921. The predicted molar refractivity (Wildman–Crippen MR) is 52.3 cm³/mol. The second kappa shape index (κ2) is 3.29. The van der Waals surface area contributed by atoms with E-state index in [0.717, 1.165) is 6.20 Å². The number of rotatable bonds is 1. The topological polar surface area (TPSA) is 147 Å². The van der Waals surface area contributed by atoms with Crippen LogP contribution in [0, 0.1) is 0 Å². The van der Waals surface area contributed by atoms with Crippen molar-refractivity contribution in [2.75, 3.05) is 0 Å². The molecule has 0 aromatic carbocycles. The molecule has 1 aromatic heterocycles. The summed E-state index contributed by atoms with van der Waals surface area (Å²) < 4.78 is 0. The van der Waals surface area contributed by atoms with Gasteiger partial charge in [-0.2, -0.15) is 0 Å². The van der Waals surface area contributed by atoms with Gasteiger partial charge in [0.25, 0.3) is 5.79 Å². The zero-order chi connectivity index (χ0) is 12.9. The van der Waals surface area contributed by atoms with Crippen LogP contribution < -0.4 is 0 Å². The molecule has 0 saturated carbocycles. The van der Waals surface area contributed by atoms with Crippen LogP contribution in [0.25, 0.3) is 0 Å². The highest BCUT2D eigenvalue weighted by Gasteiger charge is 2.70. The second-order valence-electron chi connectivity index (χ2n) is 3.68. The summed E-state index contributed by atoms with van der Waals surface area (Å²) in [6, 6.07) is 2.77. The van der Waals surface area contributed by atoms with Gasteiger partial charge in [0.1, 0.15) is 5.71 Å². The fraction of sp³-hybridized carbons (Fsp3) is 0.333. The molecule has 8 nitrogen and oxygen atoms in total. The van der Waals surface area contributed by atoms with E-state index in [1.807, 2.05) is 0 Å². The van der Waals surface area contributed by atoms with Crippen molar-refractivity contribution in [1.29, 1.82) is 0 Å². The Morgan fingerprint density at radius 1 is 1.00 bits per heavy atom. The van der Waals surface area contributed by atoms with Gasteiger partial charge < -0.3 is 30.6 Å². The van der Waals surface area contributed by atoms with Crippen molar-refractivity contribution < 1.29 is 30.6 Å². The molecule has 0 amide bonds. The van der Waals surface area contributed by atoms with Gasteiger partial charge in [0.15, 0.2) is 0 Å². The first-order chi connectivity index (χ1) is 7.70. The van der Waals surface area contributed by atoms with Crippen LogP contribution in [0.3, 0.4) is 0 Å². The summed E-state index contributed by atoms with van der Waals surface area (Å²) in [4.78, 5) is 6.74. The van der Waals surface area contributed by atoms with Crippen molar-refractivity contribution in [2.45, 2.75) is 17.5 Å². The Balaban J connectivity index is 2.58. The molecule has 0 bridgehead atoms. The second-order valence-corrected chi connectivity index (χ2v) is 3.68. The molecular weight excluding hydrogens is 232 g/mol. The summed E-state index contributed by atoms with van der Waals surface area (Å²) in [6.07, 6.45) is 2.54. The predicted octanol–water partition coefficient (Wildman–Crippen LogP) is -3.12. The van der Waals surface area contributed by atoms with Crippen LogP contribution in [0.5, 0.6) is 0 Å². The molecule has 0 spiro atoms.